The van der Waals surface area contributed by atoms with Gasteiger partial charge in [-0.1, -0.05) is 79.4 Å². The molecular weight excluding hydrogens is 314 g/mol. The van der Waals surface area contributed by atoms with Crippen LogP contribution < -0.4 is 0 Å². The highest BCUT2D eigenvalue weighted by molar-refractivity contribution is 6.18. The summed E-state index contributed by atoms with van der Waals surface area (Å²) < 4.78 is 2.41. The summed E-state index contributed by atoms with van der Waals surface area (Å²) in [6.07, 6.45) is 6.04. The van der Waals surface area contributed by atoms with Crippen LogP contribution in [0.1, 0.15) is 12.5 Å². The Kier molecular flexibility index (Phi) is 3.23. The van der Waals surface area contributed by atoms with Crippen LogP contribution in [-0.2, 0) is 0 Å². The number of nitrogens with zero attached hydrogens (tertiary/aromatic N) is 1. The molecular formula is C25H19N. The minimum Gasteiger partial charge on any atom is -0.308 e. The summed E-state index contributed by atoms with van der Waals surface area (Å²) in [5, 5.41) is 2.59. The molecule has 0 radical (unpaired) electrons. The maximum atomic E-state index is 3.86. The first kappa shape index (κ1) is 15.0. The second-order valence-corrected chi connectivity index (χ2v) is 6.70. The standard InChI is InChI=1S/C25H19N/c1-3-4-15-23-17(2)18-10-5-6-11-19(18)21-13-9-14-22-20-12-7-8-16-24(20)26(23)25(21)22/h3-16H,1H2,2H3/b15-4-. The minimum atomic E-state index is 1.20. The summed E-state index contributed by atoms with van der Waals surface area (Å²) in [6, 6.07) is 24.0. The van der Waals surface area contributed by atoms with Gasteiger partial charge in [-0.3, -0.25) is 0 Å². The summed E-state index contributed by atoms with van der Waals surface area (Å²) in [4.78, 5) is 0. The average Bonchev–Trinajstić information content (AvgIpc) is 2.98. The zero-order valence-electron chi connectivity index (χ0n) is 14.7. The van der Waals surface area contributed by atoms with Gasteiger partial charge in [-0.15, -0.1) is 0 Å². The number of fused-ring (bicyclic) bond motifs is 5. The lowest BCUT2D eigenvalue weighted by Crippen LogP contribution is -1.96. The number of para-hydroxylation sites is 2. The van der Waals surface area contributed by atoms with Crippen molar-refractivity contribution in [1.29, 1.82) is 0 Å². The Balaban J connectivity index is 2.09. The van der Waals surface area contributed by atoms with E-state index >= 15 is 0 Å². The van der Waals surface area contributed by atoms with Crippen molar-refractivity contribution in [3.8, 4) is 11.1 Å². The fourth-order valence-corrected chi connectivity index (χ4v) is 4.20. The molecule has 0 amide bonds. The van der Waals surface area contributed by atoms with Gasteiger partial charge in [0, 0.05) is 22.0 Å². The summed E-state index contributed by atoms with van der Waals surface area (Å²) in [6.45, 7) is 6.08. The molecule has 1 aromatic heterocycles. The Morgan fingerprint density at radius 1 is 0.769 bits per heavy atom. The zero-order valence-corrected chi connectivity index (χ0v) is 14.7. The Labute approximate surface area is 153 Å². The van der Waals surface area contributed by atoms with Gasteiger partial charge in [0.25, 0.3) is 0 Å². The molecule has 0 fully saturated rings. The molecule has 5 rings (SSSR count). The van der Waals surface area contributed by atoms with Gasteiger partial charge in [0.1, 0.15) is 0 Å². The molecule has 3 aromatic carbocycles. The first-order valence-electron chi connectivity index (χ1n) is 8.93. The van der Waals surface area contributed by atoms with Gasteiger partial charge in [-0.25, -0.2) is 0 Å². The molecule has 0 unspecified atom stereocenters. The second-order valence-electron chi connectivity index (χ2n) is 6.70. The SMILES string of the molecule is C=C/C=C\C1=C(C)c2ccccc2-c2cccc3c4ccccc4n1c23. The van der Waals surface area contributed by atoms with Crippen molar-refractivity contribution in [1.82, 2.24) is 4.57 Å². The van der Waals surface area contributed by atoms with Crippen LogP contribution in [0.3, 0.4) is 0 Å². The van der Waals surface area contributed by atoms with E-state index in [1.165, 1.54) is 49.8 Å². The summed E-state index contributed by atoms with van der Waals surface area (Å²) in [7, 11) is 0. The molecule has 0 atom stereocenters. The third-order valence-corrected chi connectivity index (χ3v) is 5.33. The normalized spacial score (nSPS) is 13.4. The lowest BCUT2D eigenvalue weighted by Gasteiger charge is -2.12. The second kappa shape index (κ2) is 5.60. The van der Waals surface area contributed by atoms with Crippen molar-refractivity contribution < 1.29 is 0 Å². The highest BCUT2D eigenvalue weighted by Gasteiger charge is 2.22. The molecule has 1 aliphatic rings. The van der Waals surface area contributed by atoms with Gasteiger partial charge in [-0.05, 0) is 35.8 Å². The smallest absolute Gasteiger partial charge is 0.0619 e. The molecule has 0 spiro atoms. The minimum absolute atomic E-state index is 1.20. The average molecular weight is 333 g/mol. The van der Waals surface area contributed by atoms with E-state index in [2.05, 4.69) is 90.9 Å². The van der Waals surface area contributed by atoms with E-state index in [1.54, 1.807) is 0 Å². The maximum Gasteiger partial charge on any atom is 0.0619 e. The Bertz CT molecular complexity index is 1250. The van der Waals surface area contributed by atoms with Crippen LogP contribution in [-0.4, -0.2) is 4.57 Å². The van der Waals surface area contributed by atoms with E-state index in [-0.39, 0.29) is 0 Å². The van der Waals surface area contributed by atoms with Crippen molar-refractivity contribution >= 4 is 33.1 Å². The fourth-order valence-electron chi connectivity index (χ4n) is 4.20. The fraction of sp³-hybridized carbons (Fsp3) is 0.0400. The molecule has 0 aliphatic carbocycles. The molecule has 0 bridgehead atoms. The number of aromatic nitrogens is 1. The monoisotopic (exact) mass is 333 g/mol. The Morgan fingerprint density at radius 3 is 2.31 bits per heavy atom. The van der Waals surface area contributed by atoms with Gasteiger partial charge in [-0.2, -0.15) is 0 Å². The van der Waals surface area contributed by atoms with Crippen LogP contribution >= 0.6 is 0 Å². The molecule has 0 saturated carbocycles. The van der Waals surface area contributed by atoms with Crippen LogP contribution in [0.25, 0.3) is 44.2 Å². The highest BCUT2D eigenvalue weighted by Crippen LogP contribution is 2.44. The Hall–Kier alpha value is -3.32. The van der Waals surface area contributed by atoms with Gasteiger partial charge in [0.05, 0.1) is 11.0 Å². The third-order valence-electron chi connectivity index (χ3n) is 5.33. The lowest BCUT2D eigenvalue weighted by atomic mass is 9.94. The van der Waals surface area contributed by atoms with E-state index in [0.29, 0.717) is 0 Å². The quantitative estimate of drug-likeness (QED) is 0.351. The number of allylic oxidation sites excluding steroid dienone is 5. The van der Waals surface area contributed by atoms with Crippen LogP contribution in [0.4, 0.5) is 0 Å². The predicted octanol–water partition coefficient (Wildman–Crippen LogP) is 6.91. The number of hydrogen-bond acceptors (Lipinski definition) is 0. The van der Waals surface area contributed by atoms with E-state index in [0.717, 1.165) is 0 Å². The molecule has 1 heteroatoms. The van der Waals surface area contributed by atoms with Crippen molar-refractivity contribution in [3.05, 3.63) is 97.1 Å². The maximum absolute atomic E-state index is 3.86. The van der Waals surface area contributed by atoms with Crippen LogP contribution in [0.2, 0.25) is 0 Å². The van der Waals surface area contributed by atoms with Crippen LogP contribution in [0, 0.1) is 0 Å². The summed E-state index contributed by atoms with van der Waals surface area (Å²) in [5.41, 5.74) is 8.87. The van der Waals surface area contributed by atoms with Crippen LogP contribution in [0.15, 0.2) is 91.5 Å². The zero-order chi connectivity index (χ0) is 17.7. The van der Waals surface area contributed by atoms with Crippen molar-refractivity contribution in [2.24, 2.45) is 0 Å². The van der Waals surface area contributed by atoms with E-state index < -0.39 is 0 Å². The molecule has 124 valence electrons. The van der Waals surface area contributed by atoms with Gasteiger partial charge in [0.15, 0.2) is 0 Å². The number of hydrogen-bond donors (Lipinski definition) is 0. The summed E-state index contributed by atoms with van der Waals surface area (Å²) in [5.74, 6) is 0. The largest absolute Gasteiger partial charge is 0.308 e. The molecule has 4 aromatic rings. The van der Waals surface area contributed by atoms with Gasteiger partial charge >= 0.3 is 0 Å². The summed E-state index contributed by atoms with van der Waals surface area (Å²) >= 11 is 0. The van der Waals surface area contributed by atoms with Gasteiger partial charge in [0.2, 0.25) is 0 Å². The van der Waals surface area contributed by atoms with E-state index in [1.807, 2.05) is 12.2 Å². The van der Waals surface area contributed by atoms with Crippen molar-refractivity contribution in [2.45, 2.75) is 6.92 Å². The third kappa shape index (κ3) is 1.91. The predicted molar refractivity (Wildman–Crippen MR) is 113 cm³/mol. The van der Waals surface area contributed by atoms with Crippen molar-refractivity contribution in [2.75, 3.05) is 0 Å². The molecule has 0 saturated heterocycles. The topological polar surface area (TPSA) is 4.93 Å². The van der Waals surface area contributed by atoms with Crippen LogP contribution in [0.5, 0.6) is 0 Å². The molecule has 0 N–H and O–H groups in total. The number of benzene rings is 3. The first-order chi connectivity index (χ1) is 12.8. The molecule has 2 heterocycles. The molecule has 1 aliphatic heterocycles. The molecule has 26 heavy (non-hydrogen) atoms. The lowest BCUT2D eigenvalue weighted by molar-refractivity contribution is 1.24. The first-order valence-corrected chi connectivity index (χ1v) is 8.93. The van der Waals surface area contributed by atoms with E-state index in [9.17, 15) is 0 Å². The Morgan fingerprint density at radius 2 is 1.46 bits per heavy atom. The van der Waals surface area contributed by atoms with Crippen molar-refractivity contribution in [3.63, 3.8) is 0 Å². The van der Waals surface area contributed by atoms with Gasteiger partial charge < -0.3 is 4.57 Å². The van der Waals surface area contributed by atoms with E-state index in [4.69, 9.17) is 0 Å². The highest BCUT2D eigenvalue weighted by atomic mass is 15.0. The molecule has 1 nitrogen and oxygen atoms in total. The number of rotatable bonds is 2.